The van der Waals surface area contributed by atoms with Gasteiger partial charge in [0.1, 0.15) is 83.3 Å². The number of hydrogen-bond acceptors (Lipinski definition) is 22. The molecule has 1 aliphatic carbocycles. The number of guanidine groups is 1. The van der Waals surface area contributed by atoms with Crippen LogP contribution in [0.1, 0.15) is 147 Å². The van der Waals surface area contributed by atoms with Gasteiger partial charge in [0.15, 0.2) is 11.4 Å². The highest BCUT2D eigenvalue weighted by molar-refractivity contribution is 6.09. The molecule has 1 saturated heterocycles. The van der Waals surface area contributed by atoms with Crippen LogP contribution < -0.4 is 91.7 Å². The van der Waals surface area contributed by atoms with Crippen molar-refractivity contribution in [1.29, 1.82) is 5.41 Å². The number of benzene rings is 4. The molecular formula is C80H110N18O21. The first kappa shape index (κ1) is 95.0. The van der Waals surface area contributed by atoms with Gasteiger partial charge >= 0.3 is 5.97 Å². The van der Waals surface area contributed by atoms with Gasteiger partial charge in [0.2, 0.25) is 76.8 Å². The average Bonchev–Trinajstić information content (AvgIpc) is 1.28. The molecule has 14 amide bonds. The molecule has 3 aliphatic rings. The van der Waals surface area contributed by atoms with Crippen LogP contribution in [-0.4, -0.2) is 225 Å². The number of aliphatic hydroxyl groups excluding tert-OH is 1. The highest BCUT2D eigenvalue weighted by Gasteiger charge is 2.41. The second kappa shape index (κ2) is 44.5. The molecule has 0 radical (unpaired) electrons. The Morgan fingerprint density at radius 3 is 1.71 bits per heavy atom. The molecule has 646 valence electrons. The first-order valence-electron chi connectivity index (χ1n) is 39.1. The van der Waals surface area contributed by atoms with Gasteiger partial charge in [-0.3, -0.25) is 77.3 Å². The Morgan fingerprint density at radius 2 is 1.10 bits per heavy atom. The van der Waals surface area contributed by atoms with Gasteiger partial charge < -0.3 is 116 Å². The van der Waals surface area contributed by atoms with Crippen molar-refractivity contribution in [2.45, 2.75) is 200 Å². The van der Waals surface area contributed by atoms with Gasteiger partial charge in [0.05, 0.1) is 30.8 Å². The van der Waals surface area contributed by atoms with E-state index in [2.05, 4.69) is 69.1 Å². The Labute approximate surface area is 686 Å². The minimum absolute atomic E-state index is 0.0243. The maximum atomic E-state index is 14.5. The Balaban J connectivity index is 1.08. The topological polar surface area (TPSA) is 629 Å². The number of carbonyl (C=O) groups is 15. The summed E-state index contributed by atoms with van der Waals surface area (Å²) in [6, 6.07) is 3.36. The summed E-state index contributed by atoms with van der Waals surface area (Å²) in [6.07, 6.45) is -0.968. The molecule has 24 N–H and O–H groups in total. The third kappa shape index (κ3) is 28.2. The van der Waals surface area contributed by atoms with Crippen molar-refractivity contribution in [3.05, 3.63) is 106 Å². The maximum Gasteiger partial charge on any atom is 0.336 e. The number of aromatic hydroxyl groups is 2. The van der Waals surface area contributed by atoms with E-state index in [-0.39, 0.29) is 122 Å². The molecule has 0 bridgehead atoms. The Bertz CT molecular complexity index is 4570. The summed E-state index contributed by atoms with van der Waals surface area (Å²) in [5, 5.41) is 82.3. The normalized spacial score (nSPS) is 15.3. The van der Waals surface area contributed by atoms with Crippen LogP contribution >= 0.6 is 0 Å². The molecule has 2 heterocycles. The summed E-state index contributed by atoms with van der Waals surface area (Å²) in [7, 11) is 0. The van der Waals surface area contributed by atoms with E-state index in [9.17, 15) is 97.1 Å². The van der Waals surface area contributed by atoms with Crippen molar-refractivity contribution in [3.63, 3.8) is 0 Å². The van der Waals surface area contributed by atoms with Gasteiger partial charge in [-0.15, -0.1) is 0 Å². The zero-order valence-electron chi connectivity index (χ0n) is 68.0. The Kier molecular flexibility index (Phi) is 35.5. The number of aromatic carboxylic acids is 1. The third-order valence-electron chi connectivity index (χ3n) is 19.5. The lowest BCUT2D eigenvalue weighted by Gasteiger charge is -2.30. The number of nitrogens with two attached hydrogens (primary N) is 3. The van der Waals surface area contributed by atoms with E-state index in [0.717, 1.165) is 0 Å². The molecule has 12 unspecified atom stereocenters. The lowest BCUT2D eigenvalue weighted by Crippen LogP contribution is -2.61. The molecule has 39 heteroatoms. The van der Waals surface area contributed by atoms with E-state index in [1.54, 1.807) is 41.5 Å². The molecule has 0 saturated carbocycles. The van der Waals surface area contributed by atoms with Crippen LogP contribution in [0, 0.1) is 23.2 Å². The molecule has 1 fully saturated rings. The number of rotatable bonds is 43. The maximum absolute atomic E-state index is 14.5. The molecule has 39 nitrogen and oxygen atoms in total. The highest BCUT2D eigenvalue weighted by atomic mass is 16.4. The largest absolute Gasteiger partial charge is 0.508 e. The smallest absolute Gasteiger partial charge is 0.336 e. The van der Waals surface area contributed by atoms with E-state index in [0.29, 0.717) is 28.5 Å². The second-order valence-corrected chi connectivity index (χ2v) is 30.4. The molecule has 0 spiro atoms. The van der Waals surface area contributed by atoms with Gasteiger partial charge in [-0.1, -0.05) is 59.7 Å². The monoisotopic (exact) mass is 1660 g/mol. The van der Waals surface area contributed by atoms with Crippen molar-refractivity contribution >= 4 is 106 Å². The lowest BCUT2D eigenvalue weighted by atomic mass is 9.90. The van der Waals surface area contributed by atoms with Gasteiger partial charge in [-0.2, -0.15) is 0 Å². The number of phenols is 2. The van der Waals surface area contributed by atoms with E-state index in [1.807, 2.05) is 0 Å². The van der Waals surface area contributed by atoms with Crippen LogP contribution in [0.3, 0.4) is 0 Å². The average molecular weight is 1660 g/mol. The SMILES string of the molecule is CC(C)CC(NC(=O)C(C)NC(=O)C(NC(=O)C(NC(=O)C(C)N)C(C)O)C(C)C)C(=O)N1CCCC1C(=O)NCC(=O)NCC(=O)NC(Cc1ccc(O)cc1)C(=O)NC(C(=O)NC(CCCNC(=N)N)C(=O)NC(CCCCNC(=O)c1ccc(-c2c3ccc(=O)cc-3oc3cc(O)ccc23)c(C(=O)O)c1)C(=O)NC(C)C(N)=O)C(C)C. The zero-order valence-corrected chi connectivity index (χ0v) is 68.0. The second-order valence-electron chi connectivity index (χ2n) is 30.4. The number of aliphatic hydroxyl groups is 1. The number of likely N-dealkylation sites (tertiary alicyclic amines) is 1. The first-order valence-corrected chi connectivity index (χ1v) is 39.1. The summed E-state index contributed by atoms with van der Waals surface area (Å²) < 4.78 is 5.91. The third-order valence-corrected chi connectivity index (χ3v) is 19.5. The number of carbonyl (C=O) groups excluding carboxylic acids is 14. The number of nitrogens with zero attached hydrogens (tertiary/aromatic N) is 1. The fourth-order valence-corrected chi connectivity index (χ4v) is 13.0. The van der Waals surface area contributed by atoms with Crippen LogP contribution in [0.4, 0.5) is 0 Å². The van der Waals surface area contributed by atoms with Crippen molar-refractivity contribution < 1.29 is 96.8 Å². The van der Waals surface area contributed by atoms with Gasteiger partial charge in [-0.25, -0.2) is 4.79 Å². The summed E-state index contributed by atoms with van der Waals surface area (Å²) in [6.45, 7) is 13.9. The van der Waals surface area contributed by atoms with Crippen LogP contribution in [0.25, 0.3) is 33.4 Å². The highest BCUT2D eigenvalue weighted by Crippen LogP contribution is 2.42. The number of fused-ring (bicyclic) bond motifs is 2. The minimum atomic E-state index is -1.50. The zero-order chi connectivity index (χ0) is 88.4. The fraction of sp³-hybridized carbons (Fsp3) is 0.487. The summed E-state index contributed by atoms with van der Waals surface area (Å²) in [5.41, 5.74) is 17.4. The Morgan fingerprint density at radius 1 is 0.546 bits per heavy atom. The predicted octanol–water partition coefficient (Wildman–Crippen LogP) is -1.72. The number of hydrogen-bond donors (Lipinski definition) is 21. The van der Waals surface area contributed by atoms with Gasteiger partial charge in [0, 0.05) is 60.3 Å². The molecular weight excluding hydrogens is 1550 g/mol. The number of phenolic OH excluding ortho intramolecular Hbond substituents is 2. The number of carboxylic acid groups (broad SMARTS) is 1. The number of primary amides is 1. The first-order chi connectivity index (χ1) is 56.0. The van der Waals surface area contributed by atoms with Gasteiger partial charge in [0.25, 0.3) is 5.91 Å². The van der Waals surface area contributed by atoms with Crippen LogP contribution in [0.15, 0.2) is 88.1 Å². The van der Waals surface area contributed by atoms with E-state index >= 15 is 0 Å². The summed E-state index contributed by atoms with van der Waals surface area (Å²) in [4.78, 5) is 218. The summed E-state index contributed by atoms with van der Waals surface area (Å²) >= 11 is 0. The van der Waals surface area contributed by atoms with Gasteiger partial charge in [-0.05, 0) is 156 Å². The Hall–Kier alpha value is -12.8. The van der Waals surface area contributed by atoms with E-state index in [4.69, 9.17) is 27.0 Å². The van der Waals surface area contributed by atoms with Crippen molar-refractivity contribution in [3.8, 4) is 33.9 Å². The fourth-order valence-electron chi connectivity index (χ4n) is 13.0. The molecule has 2 aliphatic heterocycles. The van der Waals surface area contributed by atoms with Crippen LogP contribution in [0.5, 0.6) is 11.5 Å². The predicted molar refractivity (Wildman–Crippen MR) is 433 cm³/mol. The molecule has 3 aromatic carbocycles. The molecule has 119 heavy (non-hydrogen) atoms. The molecule has 12 atom stereocenters. The molecule has 6 rings (SSSR count). The number of nitrogens with one attached hydrogen (secondary N) is 14. The number of unbranched alkanes of at least 4 members (excludes halogenated alkanes) is 1. The molecule has 3 aromatic rings. The van der Waals surface area contributed by atoms with Crippen LogP contribution in [0.2, 0.25) is 0 Å². The van der Waals surface area contributed by atoms with Crippen LogP contribution in [-0.2, 0) is 68.7 Å². The standard InChI is InChI=1S/C80H110N18O21/c1-38(2)31-57(94-69(107)43(9)90-75(113)64(39(3)4)96-77(115)66(44(10)99)97-68(106)41(7)81)78(116)98-30-14-17-58(98)74(112)88-36-61(103)87-37-62(104)91-56(32-45-18-21-47(100)22-19-45)73(111)95-65(40(5)6)76(114)93-55(16-13-29-86-80(83)84)72(110)92-54(71(109)89-42(8)67(82)105)15-11-12-28-85-70(108)46-20-25-50(53(33-46)79(117)118)63-51-26-23-48(101)34-59(51)119-60-35-49(102)24-27-52(60)63/h18-27,33-35,38-44,54-58,64-66,99-101H,11-17,28-32,36-37,81H2,1-10H3,(H2,82,105)(H,85,108)(H,87,103)(H,88,112)(H,89,109)(H,90,113)(H,91,104)(H,92,110)(H,93,114)(H,94,107)(H,95,111)(H,96,115)(H,97,106)(H,117,118)(H4,83,84,86). The number of amides is 14. The van der Waals surface area contributed by atoms with Crippen molar-refractivity contribution in [2.24, 2.45) is 35.0 Å². The van der Waals surface area contributed by atoms with Crippen molar-refractivity contribution in [1.82, 2.24) is 74.0 Å². The summed E-state index contributed by atoms with van der Waals surface area (Å²) in [5.74, 6) is -15.1. The lowest BCUT2D eigenvalue weighted by molar-refractivity contribution is -0.142. The quantitative estimate of drug-likeness (QED) is 0.00893. The number of carboxylic acids is 1. The van der Waals surface area contributed by atoms with E-state index in [1.165, 1.54) is 111 Å². The molecule has 0 aromatic heterocycles. The van der Waals surface area contributed by atoms with Crippen molar-refractivity contribution in [2.75, 3.05) is 32.7 Å². The minimum Gasteiger partial charge on any atom is -0.508 e. The van der Waals surface area contributed by atoms with E-state index < -0.39 is 192 Å².